The molecule has 1 aliphatic heterocycles. The molecule has 1 saturated carbocycles. The van der Waals surface area contributed by atoms with Crippen LogP contribution in [0.5, 0.6) is 0 Å². The highest BCUT2D eigenvalue weighted by molar-refractivity contribution is 8.01. The normalized spacial score (nSPS) is 30.6. The van der Waals surface area contributed by atoms with Gasteiger partial charge in [-0.25, -0.2) is 0 Å². The molecular formula is C14H24N2OS2. The van der Waals surface area contributed by atoms with E-state index >= 15 is 0 Å². The summed E-state index contributed by atoms with van der Waals surface area (Å²) >= 11 is 7.03. The molecule has 0 spiro atoms. The third-order valence-electron chi connectivity index (χ3n) is 4.48. The molecule has 0 aromatic rings. The number of nitrogens with one attached hydrogen (secondary N) is 1. The Kier molecular flexibility index (Phi) is 4.77. The fourth-order valence-corrected chi connectivity index (χ4v) is 4.54. The van der Waals surface area contributed by atoms with Crippen molar-refractivity contribution in [3.8, 4) is 0 Å². The Labute approximate surface area is 125 Å². The summed E-state index contributed by atoms with van der Waals surface area (Å²) in [6, 6.07) is 0. The van der Waals surface area contributed by atoms with Crippen LogP contribution in [0.25, 0.3) is 0 Å². The third-order valence-corrected chi connectivity index (χ3v) is 6.39. The van der Waals surface area contributed by atoms with Crippen LogP contribution in [-0.4, -0.2) is 26.9 Å². The van der Waals surface area contributed by atoms with E-state index in [1.807, 2.05) is 6.92 Å². The largest absolute Gasteiger partial charge is 0.391 e. The van der Waals surface area contributed by atoms with Gasteiger partial charge in [0.25, 0.3) is 0 Å². The van der Waals surface area contributed by atoms with E-state index in [1.54, 1.807) is 11.8 Å². The third kappa shape index (κ3) is 3.24. The van der Waals surface area contributed by atoms with Gasteiger partial charge in [-0.05, 0) is 38.4 Å². The van der Waals surface area contributed by atoms with E-state index in [9.17, 15) is 4.79 Å². The van der Waals surface area contributed by atoms with Gasteiger partial charge in [-0.3, -0.25) is 4.79 Å². The summed E-state index contributed by atoms with van der Waals surface area (Å²) < 4.78 is -0.288. The predicted molar refractivity (Wildman–Crippen MR) is 85.5 cm³/mol. The van der Waals surface area contributed by atoms with E-state index in [0.717, 1.165) is 44.3 Å². The number of carbonyl (C=O) groups excluding carboxylic acids is 1. The lowest BCUT2D eigenvalue weighted by atomic mass is 9.89. The molecule has 3 nitrogen and oxygen atoms in total. The smallest absolute Gasteiger partial charge is 0.236 e. The van der Waals surface area contributed by atoms with Gasteiger partial charge >= 0.3 is 0 Å². The number of hydrogen-bond donors (Lipinski definition) is 2. The van der Waals surface area contributed by atoms with Crippen molar-refractivity contribution >= 4 is 34.9 Å². The van der Waals surface area contributed by atoms with Crippen molar-refractivity contribution in [2.75, 3.05) is 5.75 Å². The molecule has 1 amide bonds. The predicted octanol–water partition coefficient (Wildman–Crippen LogP) is 2.77. The Morgan fingerprint density at radius 3 is 2.26 bits per heavy atom. The highest BCUT2D eigenvalue weighted by atomic mass is 32.2. The van der Waals surface area contributed by atoms with Crippen LogP contribution in [0.15, 0.2) is 0 Å². The lowest BCUT2D eigenvalue weighted by molar-refractivity contribution is -0.124. The van der Waals surface area contributed by atoms with Crippen LogP contribution in [0.3, 0.4) is 0 Å². The van der Waals surface area contributed by atoms with Gasteiger partial charge in [0.15, 0.2) is 0 Å². The summed E-state index contributed by atoms with van der Waals surface area (Å²) in [6.45, 7) is 2.05. The lowest BCUT2D eigenvalue weighted by Crippen LogP contribution is -2.59. The van der Waals surface area contributed by atoms with Crippen molar-refractivity contribution in [3.63, 3.8) is 0 Å². The Morgan fingerprint density at radius 1 is 1.16 bits per heavy atom. The zero-order valence-electron chi connectivity index (χ0n) is 11.7. The van der Waals surface area contributed by atoms with E-state index in [1.165, 1.54) is 12.8 Å². The molecule has 0 aromatic heterocycles. The Balaban J connectivity index is 2.11. The molecule has 0 radical (unpaired) electrons. The second-order valence-corrected chi connectivity index (χ2v) is 8.04. The van der Waals surface area contributed by atoms with Crippen LogP contribution in [0, 0.1) is 0 Å². The standard InChI is InChI=1S/C14H24N2OS2/c1-13(7-6-10-19-13)12(17)16-14(11(15)18)8-4-2-3-5-9-14/h2-10H2,1H3,(H2,15,18)(H,16,17). The number of rotatable bonds is 3. The van der Waals surface area contributed by atoms with Crippen LogP contribution in [-0.2, 0) is 4.79 Å². The highest BCUT2D eigenvalue weighted by Crippen LogP contribution is 2.39. The first-order chi connectivity index (χ1) is 8.99. The van der Waals surface area contributed by atoms with Gasteiger partial charge in [-0.15, -0.1) is 11.8 Å². The van der Waals surface area contributed by atoms with Crippen LogP contribution in [0.2, 0.25) is 0 Å². The summed E-state index contributed by atoms with van der Waals surface area (Å²) in [7, 11) is 0. The first-order valence-electron chi connectivity index (χ1n) is 7.25. The summed E-state index contributed by atoms with van der Waals surface area (Å²) in [4.78, 5) is 13.1. The van der Waals surface area contributed by atoms with Crippen LogP contribution in [0.4, 0.5) is 0 Å². The Morgan fingerprint density at radius 2 is 1.79 bits per heavy atom. The average molecular weight is 300 g/mol. The molecule has 0 bridgehead atoms. The quantitative estimate of drug-likeness (QED) is 0.621. The van der Waals surface area contributed by atoms with Crippen molar-refractivity contribution in [1.29, 1.82) is 0 Å². The molecular weight excluding hydrogens is 276 g/mol. The minimum Gasteiger partial charge on any atom is -0.391 e. The van der Waals surface area contributed by atoms with E-state index in [-0.39, 0.29) is 10.7 Å². The fraction of sp³-hybridized carbons (Fsp3) is 0.857. The summed E-state index contributed by atoms with van der Waals surface area (Å²) in [6.07, 6.45) is 8.50. The number of amides is 1. The molecule has 1 unspecified atom stereocenters. The lowest BCUT2D eigenvalue weighted by Gasteiger charge is -2.36. The number of hydrogen-bond acceptors (Lipinski definition) is 3. The molecule has 1 atom stereocenters. The molecule has 3 N–H and O–H groups in total. The molecule has 19 heavy (non-hydrogen) atoms. The Hall–Kier alpha value is -0.290. The summed E-state index contributed by atoms with van der Waals surface area (Å²) in [5.74, 6) is 1.20. The fourth-order valence-electron chi connectivity index (χ4n) is 3.07. The van der Waals surface area contributed by atoms with Crippen molar-refractivity contribution in [2.24, 2.45) is 5.73 Å². The molecule has 2 fully saturated rings. The van der Waals surface area contributed by atoms with Gasteiger partial charge in [0, 0.05) is 0 Å². The zero-order chi connectivity index (χ0) is 13.9. The van der Waals surface area contributed by atoms with Crippen LogP contribution < -0.4 is 11.1 Å². The van der Waals surface area contributed by atoms with Crippen molar-refractivity contribution < 1.29 is 4.79 Å². The Bertz CT molecular complexity index is 356. The van der Waals surface area contributed by atoms with E-state index < -0.39 is 5.54 Å². The van der Waals surface area contributed by atoms with E-state index in [2.05, 4.69) is 5.32 Å². The topological polar surface area (TPSA) is 55.1 Å². The summed E-state index contributed by atoms with van der Waals surface area (Å²) in [5, 5.41) is 3.23. The maximum atomic E-state index is 12.6. The average Bonchev–Trinajstić information content (AvgIpc) is 2.67. The molecule has 0 aromatic carbocycles. The second kappa shape index (κ2) is 6.00. The van der Waals surface area contributed by atoms with Crippen molar-refractivity contribution in [2.45, 2.75) is 68.6 Å². The van der Waals surface area contributed by atoms with E-state index in [4.69, 9.17) is 18.0 Å². The second-order valence-electron chi connectivity index (χ2n) is 6.00. The number of thioether (sulfide) groups is 1. The van der Waals surface area contributed by atoms with E-state index in [0.29, 0.717) is 4.99 Å². The molecule has 2 aliphatic rings. The number of thiocarbonyl (C=S) groups is 1. The molecule has 1 aliphatic carbocycles. The first-order valence-corrected chi connectivity index (χ1v) is 8.64. The molecule has 108 valence electrons. The minimum absolute atomic E-state index is 0.129. The van der Waals surface area contributed by atoms with Gasteiger partial charge in [-0.1, -0.05) is 37.9 Å². The minimum atomic E-state index is -0.435. The van der Waals surface area contributed by atoms with Crippen molar-refractivity contribution in [1.82, 2.24) is 5.32 Å². The SMILES string of the molecule is CC1(C(=O)NC2(C(N)=S)CCCCCC2)CCCS1. The van der Waals surface area contributed by atoms with Gasteiger partial charge in [-0.2, -0.15) is 0 Å². The number of carbonyl (C=O) groups is 1. The first kappa shape index (κ1) is 15.1. The summed E-state index contributed by atoms with van der Waals surface area (Å²) in [5.41, 5.74) is 5.54. The van der Waals surface area contributed by atoms with Gasteiger partial charge in [0.1, 0.15) is 0 Å². The maximum absolute atomic E-state index is 12.6. The highest BCUT2D eigenvalue weighted by Gasteiger charge is 2.43. The van der Waals surface area contributed by atoms with Crippen LogP contribution >= 0.6 is 24.0 Å². The van der Waals surface area contributed by atoms with Gasteiger partial charge < -0.3 is 11.1 Å². The molecule has 2 rings (SSSR count). The molecule has 5 heteroatoms. The molecule has 1 saturated heterocycles. The number of nitrogens with two attached hydrogens (primary N) is 1. The van der Waals surface area contributed by atoms with Crippen molar-refractivity contribution in [3.05, 3.63) is 0 Å². The molecule has 1 heterocycles. The van der Waals surface area contributed by atoms with Crippen LogP contribution in [0.1, 0.15) is 58.3 Å². The van der Waals surface area contributed by atoms with Gasteiger partial charge in [0.05, 0.1) is 15.3 Å². The monoisotopic (exact) mass is 300 g/mol. The zero-order valence-corrected chi connectivity index (χ0v) is 13.3. The maximum Gasteiger partial charge on any atom is 0.236 e. The van der Waals surface area contributed by atoms with Gasteiger partial charge in [0.2, 0.25) is 5.91 Å².